The van der Waals surface area contributed by atoms with E-state index in [1.54, 1.807) is 13.8 Å². The largest absolute Gasteiger partial charge is 0.479 e. The lowest BCUT2D eigenvalue weighted by Gasteiger charge is -2.05. The fourth-order valence-electron chi connectivity index (χ4n) is 0.514. The molecule has 0 unspecified atom stereocenters. The third kappa shape index (κ3) is 3.72. The predicted molar refractivity (Wildman–Crippen MR) is 38.1 cm³/mol. The summed E-state index contributed by atoms with van der Waals surface area (Å²) in [6.07, 6.45) is -1.85. The van der Waals surface area contributed by atoms with Crippen LogP contribution >= 0.6 is 0 Å². The van der Waals surface area contributed by atoms with Crippen LogP contribution in [0.1, 0.15) is 20.3 Å². The van der Waals surface area contributed by atoms with Gasteiger partial charge in [-0.05, 0) is 0 Å². The number of aliphatic hydroxyl groups is 1. The Kier molecular flexibility index (Phi) is 3.74. The van der Waals surface area contributed by atoms with Gasteiger partial charge in [0.1, 0.15) is 5.78 Å². The number of carboxylic acid groups (broad SMARTS) is 1. The topological polar surface area (TPSA) is 74.6 Å². The van der Waals surface area contributed by atoms with Crippen LogP contribution in [0.15, 0.2) is 0 Å². The number of aliphatic carboxylic acids is 1. The molecule has 0 rings (SSSR count). The smallest absolute Gasteiger partial charge is 0.332 e. The van der Waals surface area contributed by atoms with Crippen LogP contribution in [-0.4, -0.2) is 28.1 Å². The Morgan fingerprint density at radius 1 is 1.36 bits per heavy atom. The number of carbonyl (C=O) groups is 2. The van der Waals surface area contributed by atoms with Crippen LogP contribution in [0, 0.1) is 5.92 Å². The molecule has 11 heavy (non-hydrogen) atoms. The summed E-state index contributed by atoms with van der Waals surface area (Å²) >= 11 is 0. The van der Waals surface area contributed by atoms with Crippen molar-refractivity contribution in [3.8, 4) is 0 Å². The van der Waals surface area contributed by atoms with Crippen LogP contribution in [-0.2, 0) is 9.59 Å². The molecule has 0 aromatic carbocycles. The normalized spacial score (nSPS) is 13.1. The average Bonchev–Trinajstić information content (AvgIpc) is 1.87. The van der Waals surface area contributed by atoms with Crippen LogP contribution in [0.4, 0.5) is 0 Å². The van der Waals surface area contributed by atoms with Gasteiger partial charge < -0.3 is 10.2 Å². The lowest BCUT2D eigenvalue weighted by Crippen LogP contribution is -2.25. The SMILES string of the molecule is CC(C)C(=O)C[C@H](O)C(=O)O. The Balaban J connectivity index is 3.85. The van der Waals surface area contributed by atoms with E-state index in [0.717, 1.165) is 0 Å². The molecule has 0 aromatic heterocycles. The highest BCUT2D eigenvalue weighted by Gasteiger charge is 2.19. The van der Waals surface area contributed by atoms with Gasteiger partial charge in [0.25, 0.3) is 0 Å². The monoisotopic (exact) mass is 160 g/mol. The molecule has 0 fully saturated rings. The van der Waals surface area contributed by atoms with E-state index < -0.39 is 12.1 Å². The average molecular weight is 160 g/mol. The molecule has 0 heterocycles. The van der Waals surface area contributed by atoms with E-state index in [1.807, 2.05) is 0 Å². The molecule has 0 saturated carbocycles. The van der Waals surface area contributed by atoms with Gasteiger partial charge in [0.15, 0.2) is 6.10 Å². The molecule has 0 amide bonds. The van der Waals surface area contributed by atoms with Crippen LogP contribution in [0.25, 0.3) is 0 Å². The number of hydrogen-bond donors (Lipinski definition) is 2. The zero-order valence-electron chi connectivity index (χ0n) is 6.57. The fourth-order valence-corrected chi connectivity index (χ4v) is 0.514. The van der Waals surface area contributed by atoms with Crippen molar-refractivity contribution in [2.45, 2.75) is 26.4 Å². The third-order valence-electron chi connectivity index (χ3n) is 1.32. The van der Waals surface area contributed by atoms with Gasteiger partial charge >= 0.3 is 5.97 Å². The van der Waals surface area contributed by atoms with E-state index >= 15 is 0 Å². The fraction of sp³-hybridized carbons (Fsp3) is 0.714. The second-order valence-electron chi connectivity index (χ2n) is 2.68. The van der Waals surface area contributed by atoms with Gasteiger partial charge in [0, 0.05) is 12.3 Å². The van der Waals surface area contributed by atoms with Gasteiger partial charge in [-0.3, -0.25) is 4.79 Å². The van der Waals surface area contributed by atoms with Crippen molar-refractivity contribution in [1.82, 2.24) is 0 Å². The van der Waals surface area contributed by atoms with Gasteiger partial charge in [0.2, 0.25) is 0 Å². The molecule has 0 saturated heterocycles. The number of aliphatic hydroxyl groups excluding tert-OH is 1. The maximum atomic E-state index is 10.8. The highest BCUT2D eigenvalue weighted by molar-refractivity contribution is 5.86. The summed E-state index contributed by atoms with van der Waals surface area (Å²) in [4.78, 5) is 20.9. The van der Waals surface area contributed by atoms with E-state index in [-0.39, 0.29) is 18.1 Å². The minimum Gasteiger partial charge on any atom is -0.479 e. The lowest BCUT2D eigenvalue weighted by atomic mass is 10.0. The summed E-state index contributed by atoms with van der Waals surface area (Å²) < 4.78 is 0. The van der Waals surface area contributed by atoms with Crippen molar-refractivity contribution in [2.75, 3.05) is 0 Å². The maximum Gasteiger partial charge on any atom is 0.332 e. The minimum absolute atomic E-state index is 0.219. The van der Waals surface area contributed by atoms with E-state index in [4.69, 9.17) is 10.2 Å². The minimum atomic E-state index is -1.55. The van der Waals surface area contributed by atoms with Gasteiger partial charge in [-0.2, -0.15) is 0 Å². The summed E-state index contributed by atoms with van der Waals surface area (Å²) in [7, 11) is 0. The van der Waals surface area contributed by atoms with Gasteiger partial charge in [0.05, 0.1) is 0 Å². The molecule has 0 aliphatic heterocycles. The second-order valence-corrected chi connectivity index (χ2v) is 2.68. The van der Waals surface area contributed by atoms with Crippen LogP contribution in [0.3, 0.4) is 0 Å². The first-order chi connectivity index (χ1) is 4.95. The maximum absolute atomic E-state index is 10.8. The van der Waals surface area contributed by atoms with Crippen molar-refractivity contribution in [3.05, 3.63) is 0 Å². The second kappa shape index (κ2) is 4.08. The zero-order valence-corrected chi connectivity index (χ0v) is 6.57. The molecule has 1 atom stereocenters. The Hall–Kier alpha value is -0.900. The lowest BCUT2D eigenvalue weighted by molar-refractivity contribution is -0.149. The quantitative estimate of drug-likeness (QED) is 0.609. The molecule has 4 nitrogen and oxygen atoms in total. The van der Waals surface area contributed by atoms with Crippen LogP contribution in [0.5, 0.6) is 0 Å². The molecule has 0 spiro atoms. The summed E-state index contributed by atoms with van der Waals surface area (Å²) in [5.41, 5.74) is 0. The Bertz CT molecular complexity index is 162. The molecule has 0 radical (unpaired) electrons. The van der Waals surface area contributed by atoms with Gasteiger partial charge in [-0.15, -0.1) is 0 Å². The highest BCUT2D eigenvalue weighted by Crippen LogP contribution is 2.02. The molecule has 0 aliphatic carbocycles. The number of Topliss-reactive ketones (excluding diaryl/α,β-unsaturated/α-hetero) is 1. The van der Waals surface area contributed by atoms with E-state index in [9.17, 15) is 9.59 Å². The van der Waals surface area contributed by atoms with Crippen molar-refractivity contribution >= 4 is 11.8 Å². The van der Waals surface area contributed by atoms with E-state index in [0.29, 0.717) is 0 Å². The first-order valence-electron chi connectivity index (χ1n) is 3.38. The van der Waals surface area contributed by atoms with E-state index in [2.05, 4.69) is 0 Å². The zero-order chi connectivity index (χ0) is 9.02. The van der Waals surface area contributed by atoms with E-state index in [1.165, 1.54) is 0 Å². The Morgan fingerprint density at radius 3 is 2.09 bits per heavy atom. The van der Waals surface area contributed by atoms with Crippen molar-refractivity contribution in [3.63, 3.8) is 0 Å². The van der Waals surface area contributed by atoms with Crippen molar-refractivity contribution in [1.29, 1.82) is 0 Å². The summed E-state index contributed by atoms with van der Waals surface area (Å²) in [6.45, 7) is 3.33. The predicted octanol–water partition coefficient (Wildman–Crippen LogP) is 0.0471. The number of carbonyl (C=O) groups excluding carboxylic acids is 1. The molecule has 0 aliphatic rings. The highest BCUT2D eigenvalue weighted by atomic mass is 16.4. The third-order valence-corrected chi connectivity index (χ3v) is 1.32. The number of ketones is 1. The standard InChI is InChI=1S/C7H12O4/c1-4(2)5(8)3-6(9)7(10)11/h4,6,9H,3H2,1-2H3,(H,10,11)/t6-/m0/s1. The Morgan fingerprint density at radius 2 is 1.82 bits per heavy atom. The molecule has 4 heteroatoms. The van der Waals surface area contributed by atoms with Crippen molar-refractivity contribution < 1.29 is 19.8 Å². The summed E-state index contributed by atoms with van der Waals surface area (Å²) in [5, 5.41) is 16.9. The molecule has 64 valence electrons. The first-order valence-corrected chi connectivity index (χ1v) is 3.38. The number of rotatable bonds is 4. The van der Waals surface area contributed by atoms with Gasteiger partial charge in [-0.1, -0.05) is 13.8 Å². The summed E-state index contributed by atoms with van der Waals surface area (Å²) in [6, 6.07) is 0. The Labute approximate surface area is 64.8 Å². The molecule has 0 bridgehead atoms. The summed E-state index contributed by atoms with van der Waals surface area (Å²) in [5.74, 6) is -1.80. The molecular weight excluding hydrogens is 148 g/mol. The number of carboxylic acids is 1. The molecule has 2 N–H and O–H groups in total. The number of hydrogen-bond acceptors (Lipinski definition) is 3. The molecule has 0 aromatic rings. The van der Waals surface area contributed by atoms with Crippen molar-refractivity contribution in [2.24, 2.45) is 5.92 Å². The first kappa shape index (κ1) is 10.1. The molecular formula is C7H12O4. The van der Waals surface area contributed by atoms with Crippen LogP contribution < -0.4 is 0 Å². The van der Waals surface area contributed by atoms with Crippen LogP contribution in [0.2, 0.25) is 0 Å². The van der Waals surface area contributed by atoms with Gasteiger partial charge in [-0.25, -0.2) is 4.79 Å².